The lowest BCUT2D eigenvalue weighted by Crippen LogP contribution is -2.47. The second-order valence-corrected chi connectivity index (χ2v) is 12.7. The Morgan fingerprint density at radius 3 is 1.75 bits per heavy atom. The van der Waals surface area contributed by atoms with Gasteiger partial charge in [-0.15, -0.1) is 0 Å². The summed E-state index contributed by atoms with van der Waals surface area (Å²) >= 11 is 0. The highest BCUT2D eigenvalue weighted by atomic mass is 16.5. The van der Waals surface area contributed by atoms with Gasteiger partial charge in [-0.2, -0.15) is 0 Å². The number of allylic oxidation sites excluding steroid dienone is 6. The number of carboxylic acid groups (broad SMARTS) is 1. The summed E-state index contributed by atoms with van der Waals surface area (Å²) in [5.41, 5.74) is 0. The molecule has 0 aromatic rings. The summed E-state index contributed by atoms with van der Waals surface area (Å²) in [6.45, 7) is 3.26. The average Bonchev–Trinajstić information content (AvgIpc) is 3.06. The first kappa shape index (κ1) is 45.1. The number of esters is 1. The number of nitrogens with one attached hydrogen (secondary N) is 2. The van der Waals surface area contributed by atoms with Crippen LogP contribution in [0.5, 0.6) is 0 Å². The number of hydrogen-bond donors (Lipinski definition) is 4. The van der Waals surface area contributed by atoms with Crippen molar-refractivity contribution < 1.29 is 34.1 Å². The van der Waals surface area contributed by atoms with E-state index in [0.29, 0.717) is 12.8 Å². The van der Waals surface area contributed by atoms with Gasteiger partial charge in [0.05, 0.1) is 13.2 Å². The van der Waals surface area contributed by atoms with Crippen molar-refractivity contribution in [3.63, 3.8) is 0 Å². The van der Waals surface area contributed by atoms with Crippen molar-refractivity contribution in [1.82, 2.24) is 10.6 Å². The molecule has 48 heavy (non-hydrogen) atoms. The third-order valence-corrected chi connectivity index (χ3v) is 8.12. The Morgan fingerprint density at radius 1 is 0.625 bits per heavy atom. The second kappa shape index (κ2) is 33.9. The zero-order chi connectivity index (χ0) is 35.5. The first-order valence-electron chi connectivity index (χ1n) is 18.9. The van der Waals surface area contributed by atoms with E-state index < -0.39 is 24.5 Å². The number of hydrogen-bond acceptors (Lipinski definition) is 6. The fourth-order valence-electron chi connectivity index (χ4n) is 5.24. The largest absolute Gasteiger partial charge is 0.480 e. The topological polar surface area (TPSA) is 142 Å². The molecule has 2 atom stereocenters. The van der Waals surface area contributed by atoms with Crippen molar-refractivity contribution in [3.8, 4) is 0 Å². The molecule has 276 valence electrons. The number of carbonyl (C=O) groups is 4. The predicted molar refractivity (Wildman–Crippen MR) is 195 cm³/mol. The molecule has 0 aliphatic rings. The summed E-state index contributed by atoms with van der Waals surface area (Å²) in [4.78, 5) is 46.9. The maximum atomic E-state index is 12.4. The maximum absolute atomic E-state index is 12.4. The third kappa shape index (κ3) is 30.4. The Morgan fingerprint density at radius 2 is 1.17 bits per heavy atom. The van der Waals surface area contributed by atoms with Crippen LogP contribution in [0.2, 0.25) is 0 Å². The summed E-state index contributed by atoms with van der Waals surface area (Å²) in [6.07, 6.45) is 36.9. The van der Waals surface area contributed by atoms with Gasteiger partial charge >= 0.3 is 11.9 Å². The maximum Gasteiger partial charge on any atom is 0.328 e. The molecule has 0 heterocycles. The van der Waals surface area contributed by atoms with Crippen LogP contribution in [0.25, 0.3) is 0 Å². The molecule has 0 aromatic carbocycles. The highest BCUT2D eigenvalue weighted by Crippen LogP contribution is 2.16. The van der Waals surface area contributed by atoms with E-state index in [9.17, 15) is 19.2 Å². The number of unbranched alkanes of at least 4 members (excludes halogenated alkanes) is 13. The molecule has 0 aromatic heterocycles. The number of ether oxygens (including phenoxy) is 1. The number of aliphatic carboxylic acids is 1. The van der Waals surface area contributed by atoms with E-state index in [-0.39, 0.29) is 30.9 Å². The van der Waals surface area contributed by atoms with E-state index in [2.05, 4.69) is 60.9 Å². The van der Waals surface area contributed by atoms with Crippen LogP contribution in [-0.2, 0) is 23.9 Å². The molecule has 0 rings (SSSR count). The minimum absolute atomic E-state index is 0.0935. The summed E-state index contributed by atoms with van der Waals surface area (Å²) < 4.78 is 5.75. The Labute approximate surface area is 291 Å². The number of carboxylic acids is 1. The summed E-state index contributed by atoms with van der Waals surface area (Å²) in [5.74, 6) is -2.43. The number of carbonyl (C=O) groups excluding carboxylic acids is 3. The van der Waals surface area contributed by atoms with Gasteiger partial charge in [0.1, 0.15) is 12.1 Å². The lowest BCUT2D eigenvalue weighted by Gasteiger charge is -2.17. The van der Waals surface area contributed by atoms with Gasteiger partial charge in [-0.25, -0.2) is 4.79 Å². The van der Waals surface area contributed by atoms with Crippen LogP contribution in [0.3, 0.4) is 0 Å². The zero-order valence-corrected chi connectivity index (χ0v) is 30.2. The number of aliphatic hydroxyl groups excluding tert-OH is 1. The Balaban J connectivity index is 3.78. The minimum Gasteiger partial charge on any atom is -0.480 e. The molecule has 0 fully saturated rings. The van der Waals surface area contributed by atoms with Crippen LogP contribution in [0.1, 0.15) is 162 Å². The van der Waals surface area contributed by atoms with Gasteiger partial charge < -0.3 is 25.6 Å². The Kier molecular flexibility index (Phi) is 31.9. The quantitative estimate of drug-likeness (QED) is 0.0311. The van der Waals surface area contributed by atoms with Crippen LogP contribution < -0.4 is 10.6 Å². The second-order valence-electron chi connectivity index (χ2n) is 12.7. The molecule has 2 unspecified atom stereocenters. The van der Waals surface area contributed by atoms with Gasteiger partial charge in [0.25, 0.3) is 0 Å². The first-order valence-corrected chi connectivity index (χ1v) is 18.9. The van der Waals surface area contributed by atoms with Crippen LogP contribution in [0, 0.1) is 0 Å². The van der Waals surface area contributed by atoms with Gasteiger partial charge in [-0.3, -0.25) is 14.4 Å². The van der Waals surface area contributed by atoms with Crippen LogP contribution in [0.4, 0.5) is 0 Å². The lowest BCUT2D eigenvalue weighted by molar-refractivity contribution is -0.150. The highest BCUT2D eigenvalue weighted by Gasteiger charge is 2.19. The normalized spacial score (nSPS) is 12.9. The van der Waals surface area contributed by atoms with Crippen molar-refractivity contribution in [2.75, 3.05) is 13.2 Å². The van der Waals surface area contributed by atoms with E-state index >= 15 is 0 Å². The zero-order valence-electron chi connectivity index (χ0n) is 30.2. The lowest BCUT2D eigenvalue weighted by atomic mass is 10.0. The Hall–Kier alpha value is -2.94. The first-order chi connectivity index (χ1) is 23.3. The molecular formula is C39H68N2O7. The molecular weight excluding hydrogens is 608 g/mol. The molecule has 0 aliphatic carbocycles. The number of rotatable bonds is 33. The van der Waals surface area contributed by atoms with Crippen LogP contribution in [0.15, 0.2) is 36.5 Å². The van der Waals surface area contributed by atoms with Crippen molar-refractivity contribution in [2.24, 2.45) is 0 Å². The fraction of sp³-hybridized carbons (Fsp3) is 0.744. The summed E-state index contributed by atoms with van der Waals surface area (Å²) in [5, 5.41) is 22.4. The number of aliphatic hydroxyl groups is 1. The SMILES string of the molecule is CCCCCCC/C=C\C/C=C\C/C=C\CCCCCCCCC(=O)OC(CCC)CCCCCC(=O)NCC(=O)NC(CO)C(=O)O. The van der Waals surface area contributed by atoms with Crippen LogP contribution in [-0.4, -0.2) is 59.3 Å². The monoisotopic (exact) mass is 677 g/mol. The van der Waals surface area contributed by atoms with Gasteiger partial charge in [0, 0.05) is 12.8 Å². The van der Waals surface area contributed by atoms with Crippen molar-refractivity contribution >= 4 is 23.8 Å². The molecule has 0 spiro atoms. The number of amides is 2. The van der Waals surface area contributed by atoms with E-state index in [1.807, 2.05) is 0 Å². The molecule has 2 amide bonds. The Bertz CT molecular complexity index is 916. The molecule has 9 heteroatoms. The van der Waals surface area contributed by atoms with Gasteiger partial charge in [-0.1, -0.05) is 115 Å². The predicted octanol–water partition coefficient (Wildman–Crippen LogP) is 8.26. The molecule has 0 saturated heterocycles. The summed E-state index contributed by atoms with van der Waals surface area (Å²) in [7, 11) is 0. The molecule has 0 saturated carbocycles. The third-order valence-electron chi connectivity index (χ3n) is 8.12. The molecule has 0 radical (unpaired) electrons. The van der Waals surface area contributed by atoms with E-state index in [0.717, 1.165) is 70.6 Å². The standard InChI is InChI=1S/C39H68N2O7/c1-3-5-6-7-8-9-10-11-12-13-14-15-16-17-18-19-20-21-22-23-27-31-38(45)48-34(28-4-2)29-25-24-26-30-36(43)40-32-37(44)41-35(33-42)39(46)47/h10-11,13-14,16-17,34-35,42H,3-9,12,15,18-33H2,1-2H3,(H,40,43)(H,41,44)(H,46,47)/b11-10-,14-13-,17-16-. The average molecular weight is 677 g/mol. The van der Waals surface area contributed by atoms with Gasteiger partial charge in [0.15, 0.2) is 0 Å². The van der Waals surface area contributed by atoms with E-state index in [1.165, 1.54) is 57.8 Å². The van der Waals surface area contributed by atoms with Crippen molar-refractivity contribution in [3.05, 3.63) is 36.5 Å². The minimum atomic E-state index is -1.39. The molecule has 0 bridgehead atoms. The molecule has 0 aliphatic heterocycles. The van der Waals surface area contributed by atoms with Crippen LogP contribution >= 0.6 is 0 Å². The van der Waals surface area contributed by atoms with Crippen molar-refractivity contribution in [2.45, 2.75) is 174 Å². The molecule has 4 N–H and O–H groups in total. The van der Waals surface area contributed by atoms with Crippen molar-refractivity contribution in [1.29, 1.82) is 0 Å². The van der Waals surface area contributed by atoms with E-state index in [4.69, 9.17) is 14.9 Å². The van der Waals surface area contributed by atoms with Gasteiger partial charge in [0.2, 0.25) is 11.8 Å². The highest BCUT2D eigenvalue weighted by molar-refractivity contribution is 5.87. The van der Waals surface area contributed by atoms with Gasteiger partial charge in [-0.05, 0) is 70.6 Å². The summed E-state index contributed by atoms with van der Waals surface area (Å²) in [6, 6.07) is -1.39. The van der Waals surface area contributed by atoms with E-state index in [1.54, 1.807) is 0 Å². The smallest absolute Gasteiger partial charge is 0.328 e. The molecule has 9 nitrogen and oxygen atoms in total. The fourth-order valence-corrected chi connectivity index (χ4v) is 5.24.